The lowest BCUT2D eigenvalue weighted by atomic mass is 10.2. The monoisotopic (exact) mass is 459 g/mol. The number of alkyl halides is 2. The molecule has 4 heterocycles. The molecule has 0 bridgehead atoms. The van der Waals surface area contributed by atoms with Crippen LogP contribution in [-0.2, 0) is 6.54 Å². The van der Waals surface area contributed by atoms with E-state index in [1.54, 1.807) is 24.4 Å². The molecule has 3 aromatic rings. The number of nitrogens with one attached hydrogen (secondary N) is 2. The lowest BCUT2D eigenvalue weighted by molar-refractivity contribution is 0.0884. The van der Waals surface area contributed by atoms with Gasteiger partial charge in [0.1, 0.15) is 11.4 Å². The van der Waals surface area contributed by atoms with E-state index in [1.807, 2.05) is 11.8 Å². The zero-order valence-corrected chi connectivity index (χ0v) is 17.9. The summed E-state index contributed by atoms with van der Waals surface area (Å²) in [6.45, 7) is 2.60. The molecular weight excluding hydrogens is 436 g/mol. The molecule has 0 aliphatic carbocycles. The Bertz CT molecular complexity index is 1240. The summed E-state index contributed by atoms with van der Waals surface area (Å²) in [6, 6.07) is 6.40. The first kappa shape index (κ1) is 22.4. The van der Waals surface area contributed by atoms with E-state index in [4.69, 9.17) is 0 Å². The molecule has 0 radical (unpaired) electrons. The summed E-state index contributed by atoms with van der Waals surface area (Å²) in [6.07, 6.45) is 0.902. The van der Waals surface area contributed by atoms with E-state index in [9.17, 15) is 23.2 Å². The molecule has 0 unspecified atom stereocenters. The van der Waals surface area contributed by atoms with Gasteiger partial charge in [-0.3, -0.25) is 14.4 Å². The third-order valence-corrected chi connectivity index (χ3v) is 5.45. The van der Waals surface area contributed by atoms with Gasteiger partial charge in [-0.25, -0.2) is 18.3 Å². The summed E-state index contributed by atoms with van der Waals surface area (Å²) in [5.41, 5.74) is 0.210. The van der Waals surface area contributed by atoms with E-state index in [2.05, 4.69) is 20.7 Å². The fourth-order valence-electron chi connectivity index (χ4n) is 3.76. The fourth-order valence-corrected chi connectivity index (χ4v) is 3.76. The Morgan fingerprint density at radius 3 is 2.82 bits per heavy atom. The first-order valence-electron chi connectivity index (χ1n) is 10.5. The summed E-state index contributed by atoms with van der Waals surface area (Å²) < 4.78 is 27.6. The number of aryl methyl sites for hydroxylation is 1. The van der Waals surface area contributed by atoms with Gasteiger partial charge >= 0.3 is 0 Å². The van der Waals surface area contributed by atoms with Crippen molar-refractivity contribution in [2.75, 3.05) is 24.5 Å². The maximum absolute atomic E-state index is 12.6. The normalized spacial score (nSPS) is 15.9. The number of anilines is 1. The summed E-state index contributed by atoms with van der Waals surface area (Å²) in [5, 5.41) is 9.48. The van der Waals surface area contributed by atoms with Crippen molar-refractivity contribution >= 4 is 23.3 Å². The number of hydrogen-bond acceptors (Lipinski definition) is 6. The highest BCUT2D eigenvalue weighted by Gasteiger charge is 2.27. The second kappa shape index (κ2) is 9.35. The van der Waals surface area contributed by atoms with Crippen LogP contribution in [0.25, 0.3) is 5.65 Å². The van der Waals surface area contributed by atoms with Crippen LogP contribution in [0.2, 0.25) is 0 Å². The highest BCUT2D eigenvalue weighted by Crippen LogP contribution is 2.19. The molecule has 2 N–H and O–H groups in total. The van der Waals surface area contributed by atoms with Gasteiger partial charge < -0.3 is 20.1 Å². The van der Waals surface area contributed by atoms with E-state index in [-0.39, 0.29) is 22.9 Å². The van der Waals surface area contributed by atoms with Crippen molar-refractivity contribution in [1.29, 1.82) is 0 Å². The van der Waals surface area contributed by atoms with Crippen LogP contribution < -0.4 is 21.1 Å². The Kier molecular flexibility index (Phi) is 6.33. The molecule has 2 amide bonds. The first-order chi connectivity index (χ1) is 15.9. The standard InChI is InChI=1S/C21H23F2N7O3/c1-2-28-8-3-4-14(21(28)33)19(31)26-13-7-9-29(12-13)18-6-5-17-24-10-15(30(17)27-18)20(32)25-11-16(22)23/h3-6,8,10,13,16H,2,7,9,11-12H2,1H3,(H,25,32)(H,26,31)/t13-/m0/s1. The molecule has 33 heavy (non-hydrogen) atoms. The summed E-state index contributed by atoms with van der Waals surface area (Å²) in [4.78, 5) is 43.2. The second-order valence-corrected chi connectivity index (χ2v) is 7.62. The van der Waals surface area contributed by atoms with Crippen molar-refractivity contribution < 1.29 is 18.4 Å². The molecule has 0 saturated carbocycles. The number of fused-ring (bicyclic) bond motifs is 1. The van der Waals surface area contributed by atoms with Crippen LogP contribution in [0.15, 0.2) is 41.5 Å². The zero-order chi connectivity index (χ0) is 23.5. The lowest BCUT2D eigenvalue weighted by Gasteiger charge is -2.18. The molecule has 10 nitrogen and oxygen atoms in total. The SMILES string of the molecule is CCn1cccc(C(=O)N[C@H]2CCN(c3ccc4ncc(C(=O)NCC(F)F)n4n3)C2)c1=O. The number of aromatic nitrogens is 4. The van der Waals surface area contributed by atoms with Crippen molar-refractivity contribution in [2.45, 2.75) is 32.4 Å². The highest BCUT2D eigenvalue weighted by molar-refractivity contribution is 5.94. The summed E-state index contributed by atoms with van der Waals surface area (Å²) >= 11 is 0. The van der Waals surface area contributed by atoms with Gasteiger partial charge in [-0.05, 0) is 37.6 Å². The average molecular weight is 459 g/mol. The van der Waals surface area contributed by atoms with E-state index >= 15 is 0 Å². The molecule has 1 aliphatic heterocycles. The number of halogens is 2. The van der Waals surface area contributed by atoms with Gasteiger partial charge in [0.15, 0.2) is 11.3 Å². The number of carbonyl (C=O) groups is 2. The number of hydrogen-bond donors (Lipinski definition) is 2. The van der Waals surface area contributed by atoms with Gasteiger partial charge in [0.05, 0.1) is 12.7 Å². The van der Waals surface area contributed by atoms with Crippen molar-refractivity contribution in [2.24, 2.45) is 0 Å². The Morgan fingerprint density at radius 2 is 2.06 bits per heavy atom. The average Bonchev–Trinajstić information content (AvgIpc) is 3.44. The summed E-state index contributed by atoms with van der Waals surface area (Å²) in [7, 11) is 0. The zero-order valence-electron chi connectivity index (χ0n) is 17.9. The molecule has 0 spiro atoms. The number of imidazole rings is 1. The van der Waals surface area contributed by atoms with Gasteiger partial charge in [-0.2, -0.15) is 0 Å². The van der Waals surface area contributed by atoms with Crippen LogP contribution in [0.5, 0.6) is 0 Å². The van der Waals surface area contributed by atoms with Gasteiger partial charge in [0.2, 0.25) is 0 Å². The molecule has 0 aromatic carbocycles. The molecule has 1 atom stereocenters. The van der Waals surface area contributed by atoms with Crippen molar-refractivity contribution in [3.05, 3.63) is 58.3 Å². The van der Waals surface area contributed by atoms with Gasteiger partial charge in [0.25, 0.3) is 23.8 Å². The van der Waals surface area contributed by atoms with Crippen LogP contribution in [0.3, 0.4) is 0 Å². The van der Waals surface area contributed by atoms with Crippen molar-refractivity contribution in [3.63, 3.8) is 0 Å². The third kappa shape index (κ3) is 4.69. The summed E-state index contributed by atoms with van der Waals surface area (Å²) in [5.74, 6) is -0.571. The van der Waals surface area contributed by atoms with Crippen LogP contribution in [0.1, 0.15) is 34.2 Å². The lowest BCUT2D eigenvalue weighted by Crippen LogP contribution is -2.40. The van der Waals surface area contributed by atoms with E-state index < -0.39 is 24.8 Å². The van der Waals surface area contributed by atoms with E-state index in [0.717, 1.165) is 0 Å². The second-order valence-electron chi connectivity index (χ2n) is 7.62. The molecule has 174 valence electrons. The number of pyridine rings is 1. The Hall–Kier alpha value is -3.83. The quantitative estimate of drug-likeness (QED) is 0.543. The molecule has 4 rings (SSSR count). The highest BCUT2D eigenvalue weighted by atomic mass is 19.3. The molecule has 12 heteroatoms. The van der Waals surface area contributed by atoms with Gasteiger partial charge in [-0.15, -0.1) is 5.10 Å². The topological polar surface area (TPSA) is 114 Å². The van der Waals surface area contributed by atoms with Crippen LogP contribution in [0.4, 0.5) is 14.6 Å². The molecule has 3 aromatic heterocycles. The van der Waals surface area contributed by atoms with E-state index in [0.29, 0.717) is 37.5 Å². The molecular formula is C21H23F2N7O3. The minimum absolute atomic E-state index is 0.0489. The fraction of sp³-hybridized carbons (Fsp3) is 0.381. The van der Waals surface area contributed by atoms with Gasteiger partial charge in [-0.1, -0.05) is 0 Å². The largest absolute Gasteiger partial charge is 0.353 e. The predicted molar refractivity (Wildman–Crippen MR) is 116 cm³/mol. The van der Waals surface area contributed by atoms with Crippen molar-refractivity contribution in [3.8, 4) is 0 Å². The predicted octanol–water partition coefficient (Wildman–Crippen LogP) is 0.915. The molecule has 1 saturated heterocycles. The van der Waals surface area contributed by atoms with Gasteiger partial charge in [0, 0.05) is 31.9 Å². The number of carbonyl (C=O) groups excluding carboxylic acids is 2. The number of nitrogens with zero attached hydrogens (tertiary/aromatic N) is 5. The smallest absolute Gasteiger partial charge is 0.271 e. The van der Waals surface area contributed by atoms with E-state index in [1.165, 1.54) is 21.3 Å². The Morgan fingerprint density at radius 1 is 1.24 bits per heavy atom. The third-order valence-electron chi connectivity index (χ3n) is 5.45. The Labute approximate surface area is 187 Å². The van der Waals surface area contributed by atoms with Crippen LogP contribution >= 0.6 is 0 Å². The number of rotatable bonds is 7. The minimum atomic E-state index is -2.66. The first-order valence-corrected chi connectivity index (χ1v) is 10.5. The number of amides is 2. The van der Waals surface area contributed by atoms with Crippen molar-refractivity contribution in [1.82, 2.24) is 29.8 Å². The molecule has 1 aliphatic rings. The van der Waals surface area contributed by atoms with Crippen LogP contribution in [-0.4, -0.2) is 63.1 Å². The molecule has 1 fully saturated rings. The minimum Gasteiger partial charge on any atom is -0.353 e. The Balaban J connectivity index is 1.46. The maximum atomic E-state index is 12.6. The maximum Gasteiger partial charge on any atom is 0.271 e. The van der Waals surface area contributed by atoms with Crippen LogP contribution in [0, 0.1) is 0 Å².